The highest BCUT2D eigenvalue weighted by Gasteiger charge is 2.30. The van der Waals surface area contributed by atoms with Gasteiger partial charge in [0.25, 0.3) is 0 Å². The fourth-order valence-electron chi connectivity index (χ4n) is 2.95. The molecule has 1 aromatic carbocycles. The first kappa shape index (κ1) is 14.3. The van der Waals surface area contributed by atoms with Gasteiger partial charge in [0, 0.05) is 32.0 Å². The predicted octanol–water partition coefficient (Wildman–Crippen LogP) is 2.84. The molecule has 0 bridgehead atoms. The molecule has 0 amide bonds. The monoisotopic (exact) mass is 307 g/mol. The van der Waals surface area contributed by atoms with Gasteiger partial charge < -0.3 is 4.57 Å². The third kappa shape index (κ3) is 2.97. The molecular formula is C18H21N5. The van der Waals surface area contributed by atoms with Crippen LogP contribution >= 0.6 is 0 Å². The normalized spacial score (nSPS) is 14.7. The lowest BCUT2D eigenvalue weighted by molar-refractivity contribution is 0.233. The molecule has 0 spiro atoms. The molecule has 1 saturated carbocycles. The van der Waals surface area contributed by atoms with Crippen LogP contribution in [0.5, 0.6) is 0 Å². The van der Waals surface area contributed by atoms with E-state index in [2.05, 4.69) is 28.4 Å². The molecule has 118 valence electrons. The Labute approximate surface area is 136 Å². The Morgan fingerprint density at radius 2 is 1.87 bits per heavy atom. The second-order valence-electron chi connectivity index (χ2n) is 6.33. The van der Waals surface area contributed by atoms with E-state index in [1.807, 2.05) is 36.7 Å². The van der Waals surface area contributed by atoms with Gasteiger partial charge in [0.1, 0.15) is 5.82 Å². The van der Waals surface area contributed by atoms with Gasteiger partial charge in [-0.15, -0.1) is 0 Å². The minimum Gasteiger partial charge on any atom is -0.337 e. The number of benzene rings is 1. The van der Waals surface area contributed by atoms with E-state index in [4.69, 9.17) is 9.97 Å². The lowest BCUT2D eigenvalue weighted by Gasteiger charge is -2.22. The van der Waals surface area contributed by atoms with Gasteiger partial charge in [-0.1, -0.05) is 12.1 Å². The molecule has 0 aliphatic heterocycles. The van der Waals surface area contributed by atoms with E-state index >= 15 is 0 Å². The highest BCUT2D eigenvalue weighted by Crippen LogP contribution is 2.30. The summed E-state index contributed by atoms with van der Waals surface area (Å²) in [6.45, 7) is 3.75. The van der Waals surface area contributed by atoms with Crippen molar-refractivity contribution < 1.29 is 0 Å². The predicted molar refractivity (Wildman–Crippen MR) is 89.8 cm³/mol. The summed E-state index contributed by atoms with van der Waals surface area (Å²) in [4.78, 5) is 16.5. The highest BCUT2D eigenvalue weighted by molar-refractivity contribution is 5.74. The molecule has 1 aliphatic rings. The number of aryl methyl sites for hydroxylation is 2. The zero-order valence-electron chi connectivity index (χ0n) is 13.6. The Hall–Kier alpha value is -2.27. The van der Waals surface area contributed by atoms with Gasteiger partial charge in [0.2, 0.25) is 0 Å². The van der Waals surface area contributed by atoms with Crippen molar-refractivity contribution in [3.63, 3.8) is 0 Å². The molecule has 1 aliphatic carbocycles. The second kappa shape index (κ2) is 5.74. The van der Waals surface area contributed by atoms with Gasteiger partial charge >= 0.3 is 0 Å². The summed E-state index contributed by atoms with van der Waals surface area (Å²) in [6.07, 6.45) is 6.40. The molecule has 0 saturated heterocycles. The average Bonchev–Trinajstić information content (AvgIpc) is 3.31. The van der Waals surface area contributed by atoms with Crippen molar-refractivity contribution in [3.05, 3.63) is 53.9 Å². The lowest BCUT2D eigenvalue weighted by Crippen LogP contribution is -2.27. The molecule has 0 unspecified atom stereocenters. The lowest BCUT2D eigenvalue weighted by atomic mass is 10.2. The molecule has 3 aromatic rings. The summed E-state index contributed by atoms with van der Waals surface area (Å²) in [5.41, 5.74) is 4.04. The van der Waals surface area contributed by atoms with Gasteiger partial charge in [-0.2, -0.15) is 0 Å². The third-order valence-electron chi connectivity index (χ3n) is 4.52. The van der Waals surface area contributed by atoms with E-state index in [9.17, 15) is 0 Å². The van der Waals surface area contributed by atoms with Gasteiger partial charge in [-0.05, 0) is 31.9 Å². The van der Waals surface area contributed by atoms with Gasteiger partial charge in [0.05, 0.1) is 29.0 Å². The smallest absolute Gasteiger partial charge is 0.122 e. The summed E-state index contributed by atoms with van der Waals surface area (Å²) < 4.78 is 2.09. The fraction of sp³-hybridized carbons (Fsp3) is 0.389. The van der Waals surface area contributed by atoms with Crippen LogP contribution in [0.15, 0.2) is 36.7 Å². The number of imidazole rings is 1. The van der Waals surface area contributed by atoms with Crippen molar-refractivity contribution in [2.24, 2.45) is 7.05 Å². The Balaban J connectivity index is 1.61. The van der Waals surface area contributed by atoms with E-state index in [0.29, 0.717) is 6.04 Å². The number of rotatable bonds is 5. The molecule has 0 radical (unpaired) electrons. The number of nitrogens with zero attached hydrogens (tertiary/aromatic N) is 5. The van der Waals surface area contributed by atoms with Crippen molar-refractivity contribution in [1.29, 1.82) is 0 Å². The first-order chi connectivity index (χ1) is 11.2. The van der Waals surface area contributed by atoms with E-state index in [-0.39, 0.29) is 0 Å². The second-order valence-corrected chi connectivity index (χ2v) is 6.33. The molecule has 0 N–H and O–H groups in total. The molecule has 5 heteroatoms. The van der Waals surface area contributed by atoms with Crippen molar-refractivity contribution >= 4 is 11.0 Å². The van der Waals surface area contributed by atoms with E-state index < -0.39 is 0 Å². The molecule has 1 fully saturated rings. The zero-order chi connectivity index (χ0) is 15.8. The average molecular weight is 307 g/mol. The SMILES string of the molecule is Cc1nc2ccccc2nc1CN(Cc1nccn1C)C1CC1. The molecule has 2 heterocycles. The molecular weight excluding hydrogens is 286 g/mol. The maximum absolute atomic E-state index is 4.85. The Morgan fingerprint density at radius 1 is 1.13 bits per heavy atom. The number of aromatic nitrogens is 4. The standard InChI is InChI=1S/C18H21N5/c1-13-17(21-16-6-4-3-5-15(16)20-13)11-23(14-7-8-14)12-18-19-9-10-22(18)2/h3-6,9-10,14H,7-8,11-12H2,1-2H3. The van der Waals surface area contributed by atoms with E-state index in [0.717, 1.165) is 41.3 Å². The van der Waals surface area contributed by atoms with Crippen LogP contribution in [0.1, 0.15) is 30.1 Å². The van der Waals surface area contributed by atoms with Gasteiger partial charge in [-0.3, -0.25) is 4.90 Å². The maximum Gasteiger partial charge on any atom is 0.122 e. The summed E-state index contributed by atoms with van der Waals surface area (Å²) >= 11 is 0. The van der Waals surface area contributed by atoms with Crippen molar-refractivity contribution in [3.8, 4) is 0 Å². The van der Waals surface area contributed by atoms with Gasteiger partial charge in [0.15, 0.2) is 0 Å². The third-order valence-corrected chi connectivity index (χ3v) is 4.52. The van der Waals surface area contributed by atoms with Crippen LogP contribution in [-0.4, -0.2) is 30.5 Å². The van der Waals surface area contributed by atoms with Crippen LogP contribution in [0, 0.1) is 6.92 Å². The van der Waals surface area contributed by atoms with E-state index in [1.165, 1.54) is 12.8 Å². The molecule has 2 aromatic heterocycles. The molecule has 4 rings (SSSR count). The topological polar surface area (TPSA) is 46.8 Å². The molecule has 0 atom stereocenters. The number of hydrogen-bond acceptors (Lipinski definition) is 4. The largest absolute Gasteiger partial charge is 0.337 e. The molecule has 23 heavy (non-hydrogen) atoms. The number of para-hydroxylation sites is 2. The van der Waals surface area contributed by atoms with Crippen molar-refractivity contribution in [1.82, 2.24) is 24.4 Å². The van der Waals surface area contributed by atoms with Crippen molar-refractivity contribution in [2.45, 2.75) is 38.9 Å². The van der Waals surface area contributed by atoms with E-state index in [1.54, 1.807) is 0 Å². The minimum atomic E-state index is 0.652. The van der Waals surface area contributed by atoms with Crippen molar-refractivity contribution in [2.75, 3.05) is 0 Å². The van der Waals surface area contributed by atoms with Crippen LogP contribution < -0.4 is 0 Å². The maximum atomic E-state index is 4.85. The quantitative estimate of drug-likeness (QED) is 0.727. The van der Waals surface area contributed by atoms with Crippen LogP contribution in [0.25, 0.3) is 11.0 Å². The van der Waals surface area contributed by atoms with Crippen LogP contribution in [0.3, 0.4) is 0 Å². The highest BCUT2D eigenvalue weighted by atomic mass is 15.2. The van der Waals surface area contributed by atoms with Gasteiger partial charge in [-0.25, -0.2) is 15.0 Å². The Kier molecular flexibility index (Phi) is 3.58. The zero-order valence-corrected chi connectivity index (χ0v) is 13.6. The summed E-state index contributed by atoms with van der Waals surface area (Å²) in [5, 5.41) is 0. The summed E-state index contributed by atoms with van der Waals surface area (Å²) in [7, 11) is 2.05. The minimum absolute atomic E-state index is 0.652. The summed E-state index contributed by atoms with van der Waals surface area (Å²) in [5.74, 6) is 1.10. The fourth-order valence-corrected chi connectivity index (χ4v) is 2.95. The first-order valence-electron chi connectivity index (χ1n) is 8.13. The first-order valence-corrected chi connectivity index (χ1v) is 8.13. The summed E-state index contributed by atoms with van der Waals surface area (Å²) in [6, 6.07) is 8.73. The van der Waals surface area contributed by atoms with Crippen LogP contribution in [0.4, 0.5) is 0 Å². The van der Waals surface area contributed by atoms with Crippen LogP contribution in [0.2, 0.25) is 0 Å². The Bertz CT molecular complexity index is 834. The molecule has 5 nitrogen and oxygen atoms in total. The number of hydrogen-bond donors (Lipinski definition) is 0. The Morgan fingerprint density at radius 3 is 2.52 bits per heavy atom. The number of fused-ring (bicyclic) bond motifs is 1. The van der Waals surface area contributed by atoms with Crippen LogP contribution in [-0.2, 0) is 20.1 Å².